The van der Waals surface area contributed by atoms with Crippen LogP contribution in [-0.4, -0.2) is 31.8 Å². The van der Waals surface area contributed by atoms with E-state index in [1.54, 1.807) is 21.1 Å². The summed E-state index contributed by atoms with van der Waals surface area (Å²) in [5, 5.41) is 0.904. The second kappa shape index (κ2) is 9.06. The van der Waals surface area contributed by atoms with E-state index in [4.69, 9.17) is 19.9 Å². The molecule has 6 nitrogen and oxygen atoms in total. The molecule has 0 unspecified atom stereocenters. The van der Waals surface area contributed by atoms with Crippen molar-refractivity contribution < 1.29 is 19.0 Å². The third-order valence-electron chi connectivity index (χ3n) is 5.46. The molecule has 0 atom stereocenters. The first-order valence-corrected chi connectivity index (χ1v) is 10.4. The molecule has 0 aliphatic heterocycles. The van der Waals surface area contributed by atoms with E-state index >= 15 is 0 Å². The van der Waals surface area contributed by atoms with Crippen LogP contribution >= 0.6 is 0 Å². The van der Waals surface area contributed by atoms with Gasteiger partial charge in [0.05, 0.1) is 32.0 Å². The van der Waals surface area contributed by atoms with E-state index < -0.39 is 5.97 Å². The van der Waals surface area contributed by atoms with Gasteiger partial charge in [0.15, 0.2) is 0 Å². The Bertz CT molecular complexity index is 1260. The SMILES string of the molecule is CCOC(=O)c1[nH]c2c(N)ccc(Cc3cccc(OC)c3)c2c1-c1ccc(OC)cc1. The number of aromatic nitrogens is 1. The summed E-state index contributed by atoms with van der Waals surface area (Å²) in [6.45, 7) is 2.07. The first-order valence-electron chi connectivity index (χ1n) is 10.4. The van der Waals surface area contributed by atoms with Crippen molar-refractivity contribution in [2.45, 2.75) is 13.3 Å². The Balaban J connectivity index is 1.95. The maximum atomic E-state index is 12.9. The number of nitrogen functional groups attached to an aromatic ring is 1. The minimum Gasteiger partial charge on any atom is -0.497 e. The van der Waals surface area contributed by atoms with Crippen LogP contribution in [0.2, 0.25) is 0 Å². The zero-order valence-electron chi connectivity index (χ0n) is 18.4. The number of hydrogen-bond acceptors (Lipinski definition) is 5. The highest BCUT2D eigenvalue weighted by atomic mass is 16.5. The minimum absolute atomic E-state index is 0.280. The van der Waals surface area contributed by atoms with Crippen LogP contribution in [0.25, 0.3) is 22.0 Å². The zero-order valence-corrected chi connectivity index (χ0v) is 18.4. The van der Waals surface area contributed by atoms with Gasteiger partial charge in [0.25, 0.3) is 0 Å². The molecule has 0 saturated carbocycles. The third-order valence-corrected chi connectivity index (χ3v) is 5.46. The lowest BCUT2D eigenvalue weighted by Crippen LogP contribution is -2.06. The Labute approximate surface area is 186 Å². The molecule has 0 bridgehead atoms. The number of carbonyl (C=O) groups excluding carboxylic acids is 1. The number of rotatable bonds is 7. The number of aromatic amines is 1. The molecule has 0 fully saturated rings. The van der Waals surface area contributed by atoms with Crippen LogP contribution in [0.3, 0.4) is 0 Å². The number of esters is 1. The number of H-pyrrole nitrogens is 1. The molecule has 0 radical (unpaired) electrons. The van der Waals surface area contributed by atoms with Gasteiger partial charge in [-0.05, 0) is 60.4 Å². The molecule has 0 saturated heterocycles. The Morgan fingerprint density at radius 3 is 2.41 bits per heavy atom. The molecule has 32 heavy (non-hydrogen) atoms. The van der Waals surface area contributed by atoms with Gasteiger partial charge < -0.3 is 24.9 Å². The van der Waals surface area contributed by atoms with Crippen molar-refractivity contribution in [1.82, 2.24) is 4.98 Å². The van der Waals surface area contributed by atoms with E-state index in [0.717, 1.165) is 44.7 Å². The van der Waals surface area contributed by atoms with Crippen molar-refractivity contribution in [2.75, 3.05) is 26.6 Å². The fourth-order valence-electron chi connectivity index (χ4n) is 3.95. The van der Waals surface area contributed by atoms with Crippen molar-refractivity contribution in [2.24, 2.45) is 0 Å². The normalized spacial score (nSPS) is 10.8. The van der Waals surface area contributed by atoms with Gasteiger partial charge in [-0.2, -0.15) is 0 Å². The average Bonchev–Trinajstić information content (AvgIpc) is 3.23. The highest BCUT2D eigenvalue weighted by Gasteiger charge is 2.23. The van der Waals surface area contributed by atoms with Gasteiger partial charge in [-0.1, -0.05) is 30.3 Å². The van der Waals surface area contributed by atoms with Crippen LogP contribution in [0.15, 0.2) is 60.7 Å². The third kappa shape index (κ3) is 3.99. The van der Waals surface area contributed by atoms with Gasteiger partial charge in [-0.3, -0.25) is 0 Å². The number of hydrogen-bond donors (Lipinski definition) is 2. The van der Waals surface area contributed by atoms with Gasteiger partial charge in [0, 0.05) is 10.9 Å². The second-order valence-electron chi connectivity index (χ2n) is 7.42. The quantitative estimate of drug-likeness (QED) is 0.311. The van der Waals surface area contributed by atoms with Crippen molar-refractivity contribution in [3.05, 3.63) is 77.5 Å². The predicted molar refractivity (Wildman–Crippen MR) is 126 cm³/mol. The number of nitrogens with one attached hydrogen (secondary N) is 1. The number of nitrogens with two attached hydrogens (primary N) is 1. The summed E-state index contributed by atoms with van der Waals surface area (Å²) in [5.74, 6) is 1.12. The highest BCUT2D eigenvalue weighted by Crippen LogP contribution is 2.39. The molecule has 3 aromatic carbocycles. The van der Waals surface area contributed by atoms with E-state index in [0.29, 0.717) is 17.8 Å². The van der Waals surface area contributed by atoms with E-state index in [1.807, 2.05) is 54.6 Å². The predicted octanol–water partition coefficient (Wildman–Crippen LogP) is 5.20. The summed E-state index contributed by atoms with van der Waals surface area (Å²) in [4.78, 5) is 16.1. The molecule has 1 heterocycles. The maximum Gasteiger partial charge on any atom is 0.355 e. The first kappa shape index (κ1) is 21.3. The summed E-state index contributed by atoms with van der Waals surface area (Å²) < 4.78 is 16.0. The Hall–Kier alpha value is -3.93. The average molecular weight is 431 g/mol. The maximum absolute atomic E-state index is 12.9. The van der Waals surface area contributed by atoms with Gasteiger partial charge in [-0.25, -0.2) is 4.79 Å². The van der Waals surface area contributed by atoms with Crippen LogP contribution < -0.4 is 15.2 Å². The molecule has 0 aliphatic carbocycles. The monoisotopic (exact) mass is 430 g/mol. The summed E-state index contributed by atoms with van der Waals surface area (Å²) >= 11 is 0. The van der Waals surface area contributed by atoms with Gasteiger partial charge in [0.1, 0.15) is 17.2 Å². The highest BCUT2D eigenvalue weighted by molar-refractivity contribution is 6.12. The topological polar surface area (TPSA) is 86.6 Å². The minimum atomic E-state index is -0.416. The zero-order chi connectivity index (χ0) is 22.7. The second-order valence-corrected chi connectivity index (χ2v) is 7.42. The fourth-order valence-corrected chi connectivity index (χ4v) is 3.95. The van der Waals surface area contributed by atoms with Crippen LogP contribution in [-0.2, 0) is 11.2 Å². The molecule has 1 aromatic heterocycles. The molecule has 0 amide bonds. The lowest BCUT2D eigenvalue weighted by molar-refractivity contribution is 0.0521. The largest absolute Gasteiger partial charge is 0.497 e. The fraction of sp³-hybridized carbons (Fsp3) is 0.192. The summed E-state index contributed by atoms with van der Waals surface area (Å²) in [6, 6.07) is 19.4. The van der Waals surface area contributed by atoms with E-state index in [9.17, 15) is 4.79 Å². The van der Waals surface area contributed by atoms with Gasteiger partial charge >= 0.3 is 5.97 Å². The summed E-state index contributed by atoms with van der Waals surface area (Å²) in [5.41, 5.74) is 11.8. The van der Waals surface area contributed by atoms with Gasteiger partial charge in [0.2, 0.25) is 0 Å². The molecule has 164 valence electrons. The Morgan fingerprint density at radius 1 is 0.969 bits per heavy atom. The van der Waals surface area contributed by atoms with Crippen LogP contribution in [0.4, 0.5) is 5.69 Å². The number of fused-ring (bicyclic) bond motifs is 1. The molecule has 4 rings (SSSR count). The summed E-state index contributed by atoms with van der Waals surface area (Å²) in [6.07, 6.45) is 0.650. The summed E-state index contributed by atoms with van der Waals surface area (Å²) in [7, 11) is 3.28. The molecule has 0 aliphatic rings. The lowest BCUT2D eigenvalue weighted by Gasteiger charge is -2.11. The number of ether oxygens (including phenoxy) is 3. The van der Waals surface area contributed by atoms with Crippen molar-refractivity contribution in [3.8, 4) is 22.6 Å². The van der Waals surface area contributed by atoms with E-state index in [1.165, 1.54) is 0 Å². The number of carbonyl (C=O) groups is 1. The first-order chi connectivity index (χ1) is 15.5. The molecular weight excluding hydrogens is 404 g/mol. The van der Waals surface area contributed by atoms with Gasteiger partial charge in [-0.15, -0.1) is 0 Å². The molecule has 0 spiro atoms. The van der Waals surface area contributed by atoms with Crippen LogP contribution in [0.5, 0.6) is 11.5 Å². The molecule has 3 N–H and O–H groups in total. The number of benzene rings is 3. The lowest BCUT2D eigenvalue weighted by atomic mass is 9.94. The molecule has 4 aromatic rings. The Kier molecular flexibility index (Phi) is 6.03. The number of methoxy groups -OCH3 is 2. The van der Waals surface area contributed by atoms with Crippen LogP contribution in [0.1, 0.15) is 28.5 Å². The smallest absolute Gasteiger partial charge is 0.355 e. The number of anilines is 1. The standard InChI is InChI=1S/C26H26N2O4/c1-4-32-26(29)25-22(17-8-11-19(30-2)12-9-17)23-18(10-13-21(27)24(23)28-25)14-16-6-5-7-20(15-16)31-3/h5-13,15,28H,4,14,27H2,1-3H3. The van der Waals surface area contributed by atoms with Crippen molar-refractivity contribution >= 4 is 22.6 Å². The molecule has 6 heteroatoms. The molecular formula is C26H26N2O4. The van der Waals surface area contributed by atoms with E-state index in [-0.39, 0.29) is 6.61 Å². The Morgan fingerprint density at radius 2 is 1.72 bits per heavy atom. The van der Waals surface area contributed by atoms with Crippen molar-refractivity contribution in [1.29, 1.82) is 0 Å². The van der Waals surface area contributed by atoms with Crippen molar-refractivity contribution in [3.63, 3.8) is 0 Å². The van der Waals surface area contributed by atoms with Crippen LogP contribution in [0, 0.1) is 0 Å². The van der Waals surface area contributed by atoms with E-state index in [2.05, 4.69) is 11.1 Å².